The van der Waals surface area contributed by atoms with Gasteiger partial charge in [-0.1, -0.05) is 12.1 Å². The van der Waals surface area contributed by atoms with Crippen LogP contribution < -0.4 is 5.32 Å². The average molecular weight is 286 g/mol. The number of benzene rings is 1. The smallest absolute Gasteiger partial charge is 0.252 e. The number of pyridine rings is 1. The van der Waals surface area contributed by atoms with Gasteiger partial charge < -0.3 is 5.32 Å². The van der Waals surface area contributed by atoms with Gasteiger partial charge in [-0.05, 0) is 57.0 Å². The van der Waals surface area contributed by atoms with Gasteiger partial charge in [0.1, 0.15) is 5.82 Å². The number of halogens is 1. The second-order valence-corrected chi connectivity index (χ2v) is 5.66. The maximum atomic E-state index is 13.7. The Morgan fingerprint density at radius 1 is 1.19 bits per heavy atom. The van der Waals surface area contributed by atoms with E-state index < -0.39 is 5.54 Å². The summed E-state index contributed by atoms with van der Waals surface area (Å²) in [6.45, 7) is 7.16. The molecule has 0 aliphatic rings. The number of aromatic nitrogens is 1. The standard InChI is InChI=1S/C17H19FN2O/c1-11-8-9-13(18)12(2)15(11)16(21)20-17(3,4)14-7-5-6-10-19-14/h5-10H,1-4H3,(H,20,21). The van der Waals surface area contributed by atoms with Gasteiger partial charge in [0.05, 0.1) is 11.2 Å². The number of nitrogens with one attached hydrogen (secondary N) is 1. The van der Waals surface area contributed by atoms with Crippen LogP contribution in [-0.4, -0.2) is 10.9 Å². The lowest BCUT2D eigenvalue weighted by molar-refractivity contribution is 0.0908. The van der Waals surface area contributed by atoms with Crippen molar-refractivity contribution in [3.63, 3.8) is 0 Å². The Bertz CT molecular complexity index is 666. The van der Waals surface area contributed by atoms with Gasteiger partial charge in [0.15, 0.2) is 0 Å². The van der Waals surface area contributed by atoms with Crippen LogP contribution in [0.15, 0.2) is 36.5 Å². The molecule has 3 nitrogen and oxygen atoms in total. The van der Waals surface area contributed by atoms with Crippen LogP contribution in [0.4, 0.5) is 4.39 Å². The van der Waals surface area contributed by atoms with E-state index in [9.17, 15) is 9.18 Å². The summed E-state index contributed by atoms with van der Waals surface area (Å²) >= 11 is 0. The molecule has 110 valence electrons. The summed E-state index contributed by atoms with van der Waals surface area (Å²) in [4.78, 5) is 16.8. The fraction of sp³-hybridized carbons (Fsp3) is 0.294. The van der Waals surface area contributed by atoms with Gasteiger partial charge in [-0.25, -0.2) is 4.39 Å². The third kappa shape index (κ3) is 3.10. The molecule has 0 spiro atoms. The van der Waals surface area contributed by atoms with Crippen LogP contribution in [0.1, 0.15) is 41.0 Å². The van der Waals surface area contributed by atoms with Crippen molar-refractivity contribution in [3.05, 3.63) is 64.7 Å². The summed E-state index contributed by atoms with van der Waals surface area (Å²) in [6.07, 6.45) is 1.68. The number of rotatable bonds is 3. The molecule has 0 aliphatic carbocycles. The van der Waals surface area contributed by atoms with Crippen molar-refractivity contribution in [1.82, 2.24) is 10.3 Å². The van der Waals surface area contributed by atoms with Crippen LogP contribution in [0, 0.1) is 19.7 Å². The van der Waals surface area contributed by atoms with Gasteiger partial charge in [0.2, 0.25) is 0 Å². The zero-order valence-corrected chi connectivity index (χ0v) is 12.7. The predicted molar refractivity (Wildman–Crippen MR) is 80.6 cm³/mol. The minimum atomic E-state index is -0.635. The number of hydrogen-bond acceptors (Lipinski definition) is 2. The van der Waals surface area contributed by atoms with Crippen LogP contribution in [0.25, 0.3) is 0 Å². The molecule has 1 amide bonds. The Hall–Kier alpha value is -2.23. The molecular weight excluding hydrogens is 267 g/mol. The van der Waals surface area contributed by atoms with Gasteiger partial charge >= 0.3 is 0 Å². The quantitative estimate of drug-likeness (QED) is 0.938. The van der Waals surface area contributed by atoms with Crippen molar-refractivity contribution in [2.45, 2.75) is 33.2 Å². The van der Waals surface area contributed by atoms with Crippen molar-refractivity contribution in [3.8, 4) is 0 Å². The zero-order chi connectivity index (χ0) is 15.6. The minimum Gasteiger partial charge on any atom is -0.341 e. The van der Waals surface area contributed by atoms with Gasteiger partial charge in [0.25, 0.3) is 5.91 Å². The number of carbonyl (C=O) groups excluding carboxylic acids is 1. The fourth-order valence-corrected chi connectivity index (χ4v) is 2.31. The third-order valence-corrected chi connectivity index (χ3v) is 3.57. The maximum Gasteiger partial charge on any atom is 0.252 e. The van der Waals surface area contributed by atoms with E-state index in [2.05, 4.69) is 10.3 Å². The lowest BCUT2D eigenvalue weighted by atomic mass is 9.96. The van der Waals surface area contributed by atoms with Crippen LogP contribution in [0.2, 0.25) is 0 Å². The van der Waals surface area contributed by atoms with Crippen molar-refractivity contribution < 1.29 is 9.18 Å². The SMILES string of the molecule is Cc1ccc(F)c(C)c1C(=O)NC(C)(C)c1ccccn1. The molecule has 0 bridgehead atoms. The molecule has 0 radical (unpaired) electrons. The Balaban J connectivity index is 2.33. The molecule has 0 fully saturated rings. The highest BCUT2D eigenvalue weighted by Crippen LogP contribution is 2.21. The van der Waals surface area contributed by atoms with E-state index in [4.69, 9.17) is 0 Å². The number of carbonyl (C=O) groups is 1. The molecule has 1 heterocycles. The number of hydrogen-bond donors (Lipinski definition) is 1. The molecule has 4 heteroatoms. The van der Waals surface area contributed by atoms with Crippen molar-refractivity contribution in [2.24, 2.45) is 0 Å². The van der Waals surface area contributed by atoms with Crippen LogP contribution in [-0.2, 0) is 5.54 Å². The van der Waals surface area contributed by atoms with Crippen molar-refractivity contribution in [2.75, 3.05) is 0 Å². The first-order chi connectivity index (χ1) is 9.83. The van der Waals surface area contributed by atoms with Gasteiger partial charge in [0, 0.05) is 11.8 Å². The first-order valence-electron chi connectivity index (χ1n) is 6.82. The molecule has 0 unspecified atom stereocenters. The minimum absolute atomic E-state index is 0.292. The lowest BCUT2D eigenvalue weighted by Gasteiger charge is -2.26. The highest BCUT2D eigenvalue weighted by atomic mass is 19.1. The monoisotopic (exact) mass is 286 g/mol. The third-order valence-electron chi connectivity index (χ3n) is 3.57. The largest absolute Gasteiger partial charge is 0.341 e. The Kier molecular flexibility index (Phi) is 4.07. The first kappa shape index (κ1) is 15.2. The summed E-state index contributed by atoms with van der Waals surface area (Å²) in [5, 5.41) is 2.93. The molecule has 0 saturated carbocycles. The first-order valence-corrected chi connectivity index (χ1v) is 6.82. The van der Waals surface area contributed by atoms with Gasteiger partial charge in [-0.2, -0.15) is 0 Å². The second kappa shape index (κ2) is 5.64. The molecule has 1 N–H and O–H groups in total. The summed E-state index contributed by atoms with van der Waals surface area (Å²) < 4.78 is 13.7. The van der Waals surface area contributed by atoms with E-state index in [1.807, 2.05) is 32.0 Å². The summed E-state index contributed by atoms with van der Waals surface area (Å²) in [5.74, 6) is -0.665. The van der Waals surface area contributed by atoms with Crippen LogP contribution in [0.3, 0.4) is 0 Å². The zero-order valence-electron chi connectivity index (χ0n) is 12.7. The van der Waals surface area contributed by atoms with Crippen molar-refractivity contribution >= 4 is 5.91 Å². The topological polar surface area (TPSA) is 42.0 Å². The fourth-order valence-electron chi connectivity index (χ4n) is 2.31. The van der Waals surface area contributed by atoms with E-state index in [0.717, 1.165) is 11.3 Å². The Labute approximate surface area is 124 Å². The average Bonchev–Trinajstić information content (AvgIpc) is 2.44. The van der Waals surface area contributed by atoms with Crippen molar-refractivity contribution in [1.29, 1.82) is 0 Å². The van der Waals surface area contributed by atoms with E-state index >= 15 is 0 Å². The molecule has 0 saturated heterocycles. The molecule has 2 aromatic rings. The molecule has 0 aliphatic heterocycles. The molecule has 2 rings (SSSR count). The molecule has 21 heavy (non-hydrogen) atoms. The normalized spacial score (nSPS) is 11.3. The molecule has 1 aromatic heterocycles. The van der Waals surface area contributed by atoms with E-state index in [1.54, 1.807) is 26.1 Å². The van der Waals surface area contributed by atoms with Gasteiger partial charge in [-0.15, -0.1) is 0 Å². The molecule has 0 atom stereocenters. The summed E-state index contributed by atoms with van der Waals surface area (Å²) in [7, 11) is 0. The van der Waals surface area contributed by atoms with Crippen LogP contribution in [0.5, 0.6) is 0 Å². The molecule has 1 aromatic carbocycles. The number of nitrogens with zero attached hydrogens (tertiary/aromatic N) is 1. The van der Waals surface area contributed by atoms with Crippen LogP contribution >= 0.6 is 0 Å². The Morgan fingerprint density at radius 2 is 1.90 bits per heavy atom. The highest BCUT2D eigenvalue weighted by molar-refractivity contribution is 5.97. The van der Waals surface area contributed by atoms with Gasteiger partial charge in [-0.3, -0.25) is 9.78 Å². The predicted octanol–water partition coefficient (Wildman–Crippen LogP) is 3.50. The number of aryl methyl sites for hydroxylation is 1. The Morgan fingerprint density at radius 3 is 2.52 bits per heavy atom. The summed E-state index contributed by atoms with van der Waals surface area (Å²) in [6, 6.07) is 8.54. The van der Waals surface area contributed by atoms with E-state index in [-0.39, 0.29) is 11.7 Å². The van der Waals surface area contributed by atoms with E-state index in [1.165, 1.54) is 6.07 Å². The number of amides is 1. The maximum absolute atomic E-state index is 13.7. The lowest BCUT2D eigenvalue weighted by Crippen LogP contribution is -2.42. The highest BCUT2D eigenvalue weighted by Gasteiger charge is 2.26. The second-order valence-electron chi connectivity index (χ2n) is 5.66. The summed E-state index contributed by atoms with van der Waals surface area (Å²) in [5.41, 5.74) is 1.63. The molecular formula is C17H19FN2O. The van der Waals surface area contributed by atoms with E-state index in [0.29, 0.717) is 11.1 Å².